The molecule has 0 bridgehead atoms. The van der Waals surface area contributed by atoms with Crippen molar-refractivity contribution in [1.82, 2.24) is 0 Å². The van der Waals surface area contributed by atoms with E-state index in [0.29, 0.717) is 11.8 Å². The molecular formula is C12H16N2O3S. The van der Waals surface area contributed by atoms with Gasteiger partial charge >= 0.3 is 0 Å². The Hall–Kier alpha value is -1.43. The molecule has 1 fully saturated rings. The van der Waals surface area contributed by atoms with Crippen molar-refractivity contribution in [2.75, 3.05) is 23.9 Å². The Bertz CT molecular complexity index is 433. The van der Waals surface area contributed by atoms with Gasteiger partial charge in [0.15, 0.2) is 0 Å². The molecule has 2 rings (SSSR count). The van der Waals surface area contributed by atoms with Crippen LogP contribution < -0.4 is 10.1 Å². The summed E-state index contributed by atoms with van der Waals surface area (Å²) in [5.74, 6) is 2.76. The van der Waals surface area contributed by atoms with E-state index in [9.17, 15) is 10.1 Å². The summed E-state index contributed by atoms with van der Waals surface area (Å²) in [6, 6.07) is 5.17. The van der Waals surface area contributed by atoms with Crippen molar-refractivity contribution in [2.24, 2.45) is 0 Å². The maximum atomic E-state index is 10.8. The van der Waals surface area contributed by atoms with Gasteiger partial charge in [-0.15, -0.1) is 0 Å². The molecule has 0 saturated carbocycles. The van der Waals surface area contributed by atoms with Crippen molar-refractivity contribution in [3.05, 3.63) is 28.3 Å². The minimum Gasteiger partial charge on any atom is -0.496 e. The molecule has 0 radical (unpaired) electrons. The van der Waals surface area contributed by atoms with E-state index >= 15 is 0 Å². The van der Waals surface area contributed by atoms with Crippen molar-refractivity contribution < 1.29 is 9.66 Å². The van der Waals surface area contributed by atoms with Crippen LogP contribution in [0.1, 0.15) is 12.8 Å². The van der Waals surface area contributed by atoms with E-state index in [1.807, 2.05) is 11.8 Å². The van der Waals surface area contributed by atoms with Gasteiger partial charge in [0.05, 0.1) is 18.1 Å². The zero-order chi connectivity index (χ0) is 13.0. The number of rotatable bonds is 4. The second-order valence-electron chi connectivity index (χ2n) is 4.24. The van der Waals surface area contributed by atoms with Gasteiger partial charge in [0.25, 0.3) is 5.69 Å². The fraction of sp³-hybridized carbons (Fsp3) is 0.500. The zero-order valence-corrected chi connectivity index (χ0v) is 11.0. The van der Waals surface area contributed by atoms with E-state index in [1.165, 1.54) is 25.3 Å². The first-order valence-corrected chi connectivity index (χ1v) is 7.02. The van der Waals surface area contributed by atoms with Gasteiger partial charge in [-0.25, -0.2) is 0 Å². The number of nitro groups is 1. The molecule has 0 aromatic heterocycles. The second kappa shape index (κ2) is 5.95. The molecule has 1 aromatic carbocycles. The molecule has 1 N–H and O–H groups in total. The predicted molar refractivity (Wildman–Crippen MR) is 73.6 cm³/mol. The first kappa shape index (κ1) is 13.0. The minimum atomic E-state index is -0.399. The summed E-state index contributed by atoms with van der Waals surface area (Å²) < 4.78 is 5.09. The van der Waals surface area contributed by atoms with E-state index in [0.717, 1.165) is 17.9 Å². The number of non-ortho nitro benzene ring substituents is 1. The number of thioether (sulfide) groups is 1. The van der Waals surface area contributed by atoms with Gasteiger partial charge in [-0.1, -0.05) is 0 Å². The largest absolute Gasteiger partial charge is 0.496 e. The quantitative estimate of drug-likeness (QED) is 0.672. The Labute approximate surface area is 110 Å². The van der Waals surface area contributed by atoms with Gasteiger partial charge in [-0.2, -0.15) is 11.8 Å². The third-order valence-corrected chi connectivity index (χ3v) is 4.08. The average Bonchev–Trinajstić information content (AvgIpc) is 2.39. The van der Waals surface area contributed by atoms with Crippen molar-refractivity contribution in [2.45, 2.75) is 18.9 Å². The Morgan fingerprint density at radius 2 is 2.33 bits per heavy atom. The molecule has 1 atom stereocenters. The maximum absolute atomic E-state index is 10.8. The molecule has 0 spiro atoms. The molecule has 0 amide bonds. The Kier molecular flexibility index (Phi) is 4.30. The van der Waals surface area contributed by atoms with Gasteiger partial charge in [0.1, 0.15) is 5.75 Å². The zero-order valence-electron chi connectivity index (χ0n) is 10.2. The van der Waals surface area contributed by atoms with Crippen LogP contribution >= 0.6 is 11.8 Å². The number of ether oxygens (including phenoxy) is 1. The lowest BCUT2D eigenvalue weighted by molar-refractivity contribution is -0.384. The number of nitro benzene ring substituents is 1. The lowest BCUT2D eigenvalue weighted by Gasteiger charge is -2.23. The van der Waals surface area contributed by atoms with Crippen molar-refractivity contribution in [1.29, 1.82) is 0 Å². The van der Waals surface area contributed by atoms with E-state index in [4.69, 9.17) is 4.74 Å². The molecule has 5 nitrogen and oxygen atoms in total. The van der Waals surface area contributed by atoms with Gasteiger partial charge in [0, 0.05) is 29.6 Å². The molecule has 1 saturated heterocycles. The van der Waals surface area contributed by atoms with E-state index in [1.54, 1.807) is 12.1 Å². The smallest absolute Gasteiger partial charge is 0.275 e. The highest BCUT2D eigenvalue weighted by Crippen LogP contribution is 2.28. The van der Waals surface area contributed by atoms with Crippen LogP contribution in [-0.4, -0.2) is 29.6 Å². The monoisotopic (exact) mass is 268 g/mol. The Morgan fingerprint density at radius 3 is 2.94 bits per heavy atom. The third kappa shape index (κ3) is 3.29. The van der Waals surface area contributed by atoms with Crippen molar-refractivity contribution in [3.8, 4) is 5.75 Å². The van der Waals surface area contributed by atoms with Crippen LogP contribution in [0.15, 0.2) is 18.2 Å². The molecule has 1 heterocycles. The first-order chi connectivity index (χ1) is 8.69. The minimum absolute atomic E-state index is 0.0558. The highest BCUT2D eigenvalue weighted by atomic mass is 32.2. The van der Waals surface area contributed by atoms with Crippen LogP contribution in [0.4, 0.5) is 11.4 Å². The van der Waals surface area contributed by atoms with Gasteiger partial charge in [-0.3, -0.25) is 10.1 Å². The average molecular weight is 268 g/mol. The second-order valence-corrected chi connectivity index (χ2v) is 5.39. The number of nitrogens with zero attached hydrogens (tertiary/aromatic N) is 1. The molecule has 6 heteroatoms. The molecule has 0 aliphatic carbocycles. The maximum Gasteiger partial charge on any atom is 0.275 e. The van der Waals surface area contributed by atoms with Crippen LogP contribution in [0.5, 0.6) is 5.75 Å². The number of benzene rings is 1. The van der Waals surface area contributed by atoms with E-state index in [2.05, 4.69) is 5.32 Å². The summed E-state index contributed by atoms with van der Waals surface area (Å²) in [6.45, 7) is 0. The van der Waals surface area contributed by atoms with E-state index < -0.39 is 4.92 Å². The number of methoxy groups -OCH3 is 1. The van der Waals surface area contributed by atoms with Gasteiger partial charge in [0.2, 0.25) is 0 Å². The lowest BCUT2D eigenvalue weighted by Crippen LogP contribution is -2.25. The standard InChI is InChI=1S/C12H16N2O3S/c1-17-12-6-10(5-11(7-12)14(15)16)13-9-3-2-4-18-8-9/h5-7,9,13H,2-4,8H2,1H3. The summed E-state index contributed by atoms with van der Waals surface area (Å²) in [4.78, 5) is 10.4. The lowest BCUT2D eigenvalue weighted by atomic mass is 10.1. The molecule has 98 valence electrons. The molecular weight excluding hydrogens is 252 g/mol. The molecule has 18 heavy (non-hydrogen) atoms. The molecule has 1 unspecified atom stereocenters. The summed E-state index contributed by atoms with van der Waals surface area (Å²) in [5, 5.41) is 14.2. The highest BCUT2D eigenvalue weighted by Gasteiger charge is 2.16. The normalized spacial score (nSPS) is 19.3. The Balaban J connectivity index is 2.15. The van der Waals surface area contributed by atoms with Crippen LogP contribution in [0.25, 0.3) is 0 Å². The Morgan fingerprint density at radius 1 is 1.50 bits per heavy atom. The topological polar surface area (TPSA) is 64.4 Å². The third-order valence-electron chi connectivity index (χ3n) is 2.87. The number of hydrogen-bond acceptors (Lipinski definition) is 5. The first-order valence-electron chi connectivity index (χ1n) is 5.87. The summed E-state index contributed by atoms with van der Waals surface area (Å²) in [6.07, 6.45) is 2.30. The van der Waals surface area contributed by atoms with E-state index in [-0.39, 0.29) is 5.69 Å². The number of nitrogens with one attached hydrogen (secondary N) is 1. The molecule has 1 aliphatic heterocycles. The van der Waals surface area contributed by atoms with Gasteiger partial charge in [-0.05, 0) is 18.6 Å². The summed E-state index contributed by atoms with van der Waals surface area (Å²) >= 11 is 1.92. The molecule has 1 aliphatic rings. The predicted octanol–water partition coefficient (Wildman–Crippen LogP) is 2.91. The summed E-state index contributed by atoms with van der Waals surface area (Å²) in [7, 11) is 1.51. The highest BCUT2D eigenvalue weighted by molar-refractivity contribution is 7.99. The number of hydrogen-bond donors (Lipinski definition) is 1. The summed E-state index contributed by atoms with van der Waals surface area (Å²) in [5.41, 5.74) is 0.814. The van der Waals surface area contributed by atoms with Crippen LogP contribution in [0.3, 0.4) is 0 Å². The fourth-order valence-corrected chi connectivity index (χ4v) is 3.05. The molecule has 1 aromatic rings. The van der Waals surface area contributed by atoms with Crippen LogP contribution in [0.2, 0.25) is 0 Å². The van der Waals surface area contributed by atoms with Crippen LogP contribution in [0, 0.1) is 10.1 Å². The van der Waals surface area contributed by atoms with Crippen LogP contribution in [-0.2, 0) is 0 Å². The van der Waals surface area contributed by atoms with Gasteiger partial charge < -0.3 is 10.1 Å². The van der Waals surface area contributed by atoms with Crippen molar-refractivity contribution >= 4 is 23.1 Å². The fourth-order valence-electron chi connectivity index (χ4n) is 1.98. The SMILES string of the molecule is COc1cc(NC2CCCSC2)cc([N+](=O)[O-])c1. The van der Waals surface area contributed by atoms with Crippen molar-refractivity contribution in [3.63, 3.8) is 0 Å². The number of anilines is 1.